The number of ether oxygens (including phenoxy) is 1. The Balaban J connectivity index is 0.00000147. The molecule has 20 heavy (non-hydrogen) atoms. The van der Waals surface area contributed by atoms with E-state index in [2.05, 4.69) is 14.9 Å². The fourth-order valence-electron chi connectivity index (χ4n) is 2.36. The highest BCUT2D eigenvalue weighted by molar-refractivity contribution is 5.85. The zero-order valence-corrected chi connectivity index (χ0v) is 12.1. The van der Waals surface area contributed by atoms with E-state index in [0.717, 1.165) is 29.9 Å². The lowest BCUT2D eigenvalue weighted by atomic mass is 10.2. The molecular weight excluding hydrogens is 276 g/mol. The molecule has 0 spiro atoms. The number of halogens is 1. The number of aromatic nitrogens is 2. The second kappa shape index (κ2) is 6.72. The lowest BCUT2D eigenvalue weighted by Crippen LogP contribution is -2.21. The summed E-state index contributed by atoms with van der Waals surface area (Å²) in [6.45, 7) is 3.00. The number of hydrogen-bond donors (Lipinski definition) is 1. The van der Waals surface area contributed by atoms with Crippen LogP contribution in [0, 0.1) is 0 Å². The molecule has 6 heteroatoms. The third-order valence-corrected chi connectivity index (χ3v) is 3.30. The fourth-order valence-corrected chi connectivity index (χ4v) is 2.36. The molecule has 2 N–H and O–H groups in total. The first-order chi connectivity index (χ1) is 9.38. The molecule has 108 valence electrons. The van der Waals surface area contributed by atoms with Crippen molar-refractivity contribution in [3.8, 4) is 5.88 Å². The minimum Gasteiger partial charge on any atom is -0.476 e. The molecule has 1 fully saturated rings. The molecule has 0 bridgehead atoms. The first-order valence-electron chi connectivity index (χ1n) is 6.73. The monoisotopic (exact) mass is 294 g/mol. The quantitative estimate of drug-likeness (QED) is 0.934. The van der Waals surface area contributed by atoms with Gasteiger partial charge in [0.2, 0.25) is 11.8 Å². The molecule has 1 aromatic carbocycles. The van der Waals surface area contributed by atoms with Crippen LogP contribution in [0.4, 0.5) is 5.95 Å². The SMILES string of the molecule is Cl.NCCOc1nc(N2CCCC2)nc2ccccc12. The van der Waals surface area contributed by atoms with E-state index >= 15 is 0 Å². The van der Waals surface area contributed by atoms with Crippen molar-refractivity contribution in [1.29, 1.82) is 0 Å². The molecule has 1 aliphatic rings. The van der Waals surface area contributed by atoms with E-state index < -0.39 is 0 Å². The van der Waals surface area contributed by atoms with Crippen LogP contribution >= 0.6 is 12.4 Å². The summed E-state index contributed by atoms with van der Waals surface area (Å²) >= 11 is 0. The van der Waals surface area contributed by atoms with Crippen LogP contribution in [0.15, 0.2) is 24.3 Å². The van der Waals surface area contributed by atoms with Crippen LogP contribution < -0.4 is 15.4 Å². The molecule has 0 saturated carbocycles. The Labute approximate surface area is 124 Å². The van der Waals surface area contributed by atoms with Gasteiger partial charge in [-0.25, -0.2) is 4.98 Å². The Bertz CT molecular complexity index is 572. The summed E-state index contributed by atoms with van der Waals surface area (Å²) in [5, 5.41) is 0.943. The van der Waals surface area contributed by atoms with E-state index in [1.165, 1.54) is 12.8 Å². The molecule has 1 aromatic heterocycles. The van der Waals surface area contributed by atoms with Crippen molar-refractivity contribution in [3.05, 3.63) is 24.3 Å². The summed E-state index contributed by atoms with van der Waals surface area (Å²) in [5.41, 5.74) is 6.42. The van der Waals surface area contributed by atoms with Gasteiger partial charge in [0.25, 0.3) is 0 Å². The molecule has 5 nitrogen and oxygen atoms in total. The Morgan fingerprint density at radius 3 is 2.65 bits per heavy atom. The molecule has 1 saturated heterocycles. The van der Waals surface area contributed by atoms with Gasteiger partial charge in [0.05, 0.1) is 10.9 Å². The number of fused-ring (bicyclic) bond motifs is 1. The van der Waals surface area contributed by atoms with Gasteiger partial charge >= 0.3 is 0 Å². The molecule has 0 amide bonds. The van der Waals surface area contributed by atoms with Gasteiger partial charge in [-0.3, -0.25) is 0 Å². The zero-order chi connectivity index (χ0) is 13.1. The number of hydrogen-bond acceptors (Lipinski definition) is 5. The average Bonchev–Trinajstić information content (AvgIpc) is 2.98. The summed E-state index contributed by atoms with van der Waals surface area (Å²) in [6.07, 6.45) is 2.41. The molecule has 3 rings (SSSR count). The van der Waals surface area contributed by atoms with Crippen LogP contribution in [-0.4, -0.2) is 36.2 Å². The lowest BCUT2D eigenvalue weighted by molar-refractivity contribution is 0.319. The van der Waals surface area contributed by atoms with E-state index in [0.29, 0.717) is 19.0 Å². The minimum absolute atomic E-state index is 0. The van der Waals surface area contributed by atoms with Gasteiger partial charge in [-0.1, -0.05) is 12.1 Å². The van der Waals surface area contributed by atoms with E-state index in [4.69, 9.17) is 10.5 Å². The number of anilines is 1. The van der Waals surface area contributed by atoms with Crippen molar-refractivity contribution in [2.75, 3.05) is 31.1 Å². The largest absolute Gasteiger partial charge is 0.476 e. The van der Waals surface area contributed by atoms with Crippen LogP contribution in [0.3, 0.4) is 0 Å². The van der Waals surface area contributed by atoms with Gasteiger partial charge in [0, 0.05) is 19.6 Å². The Morgan fingerprint density at radius 2 is 1.90 bits per heavy atom. The molecule has 2 aromatic rings. The number of nitrogens with two attached hydrogens (primary N) is 1. The Kier molecular flexibility index (Phi) is 4.98. The maximum atomic E-state index is 5.67. The Hall–Kier alpha value is -1.59. The first-order valence-corrected chi connectivity index (χ1v) is 6.73. The summed E-state index contributed by atoms with van der Waals surface area (Å²) in [6, 6.07) is 7.92. The van der Waals surface area contributed by atoms with Gasteiger partial charge in [-0.2, -0.15) is 4.98 Å². The molecular formula is C14H19ClN4O. The van der Waals surface area contributed by atoms with Crippen LogP contribution in [0.1, 0.15) is 12.8 Å². The number of para-hydroxylation sites is 1. The molecule has 0 atom stereocenters. The van der Waals surface area contributed by atoms with Crippen molar-refractivity contribution in [1.82, 2.24) is 9.97 Å². The lowest BCUT2D eigenvalue weighted by Gasteiger charge is -2.17. The van der Waals surface area contributed by atoms with E-state index in [1.807, 2.05) is 24.3 Å². The number of benzene rings is 1. The molecule has 1 aliphatic heterocycles. The molecule has 0 aliphatic carbocycles. The maximum absolute atomic E-state index is 5.67. The summed E-state index contributed by atoms with van der Waals surface area (Å²) in [7, 11) is 0. The van der Waals surface area contributed by atoms with Crippen molar-refractivity contribution in [2.24, 2.45) is 5.73 Å². The maximum Gasteiger partial charge on any atom is 0.229 e. The average molecular weight is 295 g/mol. The van der Waals surface area contributed by atoms with Gasteiger partial charge < -0.3 is 15.4 Å². The second-order valence-electron chi connectivity index (χ2n) is 4.68. The van der Waals surface area contributed by atoms with Gasteiger partial charge in [-0.15, -0.1) is 12.4 Å². The molecule has 0 unspecified atom stereocenters. The standard InChI is InChI=1S/C14H18N4O.ClH/c15-7-10-19-13-11-5-1-2-6-12(11)16-14(17-13)18-8-3-4-9-18;/h1-2,5-6H,3-4,7-10,15H2;1H. The first kappa shape index (κ1) is 14.8. The van der Waals surface area contributed by atoms with Crippen molar-refractivity contribution in [3.63, 3.8) is 0 Å². The molecule has 2 heterocycles. The number of nitrogens with zero attached hydrogens (tertiary/aromatic N) is 3. The van der Waals surface area contributed by atoms with Crippen LogP contribution in [0.5, 0.6) is 5.88 Å². The van der Waals surface area contributed by atoms with E-state index in [1.54, 1.807) is 0 Å². The van der Waals surface area contributed by atoms with Crippen LogP contribution in [-0.2, 0) is 0 Å². The predicted octanol–water partition coefficient (Wildman–Crippen LogP) is 1.99. The van der Waals surface area contributed by atoms with Gasteiger partial charge in [0.1, 0.15) is 6.61 Å². The fraction of sp³-hybridized carbons (Fsp3) is 0.429. The highest BCUT2D eigenvalue weighted by atomic mass is 35.5. The minimum atomic E-state index is 0. The Morgan fingerprint density at radius 1 is 1.15 bits per heavy atom. The summed E-state index contributed by atoms with van der Waals surface area (Å²) in [5.74, 6) is 1.40. The van der Waals surface area contributed by atoms with Gasteiger partial charge in [0.15, 0.2) is 0 Å². The highest BCUT2D eigenvalue weighted by Gasteiger charge is 2.17. The van der Waals surface area contributed by atoms with Crippen LogP contribution in [0.2, 0.25) is 0 Å². The predicted molar refractivity (Wildman–Crippen MR) is 82.8 cm³/mol. The topological polar surface area (TPSA) is 64.3 Å². The van der Waals surface area contributed by atoms with Crippen molar-refractivity contribution >= 4 is 29.3 Å². The summed E-state index contributed by atoms with van der Waals surface area (Å²) < 4.78 is 5.67. The number of rotatable bonds is 4. The second-order valence-corrected chi connectivity index (χ2v) is 4.68. The smallest absolute Gasteiger partial charge is 0.229 e. The highest BCUT2D eigenvalue weighted by Crippen LogP contribution is 2.26. The summed E-state index contributed by atoms with van der Waals surface area (Å²) in [4.78, 5) is 11.4. The van der Waals surface area contributed by atoms with Crippen molar-refractivity contribution < 1.29 is 4.74 Å². The third kappa shape index (κ3) is 2.94. The van der Waals surface area contributed by atoms with E-state index in [9.17, 15) is 0 Å². The molecule has 0 radical (unpaired) electrons. The van der Waals surface area contributed by atoms with E-state index in [-0.39, 0.29) is 12.4 Å². The third-order valence-electron chi connectivity index (χ3n) is 3.30. The zero-order valence-electron chi connectivity index (χ0n) is 11.3. The van der Waals surface area contributed by atoms with Gasteiger partial charge in [-0.05, 0) is 25.0 Å². The van der Waals surface area contributed by atoms with Crippen LogP contribution in [0.25, 0.3) is 10.9 Å². The van der Waals surface area contributed by atoms with Crippen molar-refractivity contribution in [2.45, 2.75) is 12.8 Å². The normalized spacial score (nSPS) is 14.3.